The zero-order valence-corrected chi connectivity index (χ0v) is 16.1. The highest BCUT2D eigenvalue weighted by Gasteiger charge is 2.43. The fourth-order valence-corrected chi connectivity index (χ4v) is 4.00. The Balaban J connectivity index is 0.000000318. The minimum absolute atomic E-state index is 0.265. The fourth-order valence-electron chi connectivity index (χ4n) is 4.00. The normalized spacial score (nSPS) is 21.6. The molecule has 6 nitrogen and oxygen atoms in total. The van der Waals surface area contributed by atoms with Crippen LogP contribution in [0.4, 0.5) is 18.9 Å². The molecule has 1 aromatic heterocycles. The van der Waals surface area contributed by atoms with Crippen LogP contribution in [-0.2, 0) is 16.1 Å². The summed E-state index contributed by atoms with van der Waals surface area (Å²) in [6.07, 6.45) is 1.32. The van der Waals surface area contributed by atoms with Gasteiger partial charge in [0.15, 0.2) is 0 Å². The van der Waals surface area contributed by atoms with Gasteiger partial charge in [-0.25, -0.2) is 4.79 Å². The molecule has 4 rings (SSSR count). The molecule has 1 N–H and O–H groups in total. The second-order valence-corrected chi connectivity index (χ2v) is 7.20. The first-order chi connectivity index (χ1) is 14.3. The van der Waals surface area contributed by atoms with Crippen LogP contribution in [0.2, 0.25) is 0 Å². The van der Waals surface area contributed by atoms with Crippen LogP contribution in [0.15, 0.2) is 54.9 Å². The van der Waals surface area contributed by atoms with E-state index in [1.54, 1.807) is 0 Å². The smallest absolute Gasteiger partial charge is 0.475 e. The maximum Gasteiger partial charge on any atom is 0.490 e. The molecule has 0 spiro atoms. The Morgan fingerprint density at radius 3 is 2.40 bits per heavy atom. The quantitative estimate of drug-likeness (QED) is 0.822. The van der Waals surface area contributed by atoms with Crippen molar-refractivity contribution in [1.29, 1.82) is 0 Å². The number of carbonyl (C=O) groups is 2. The largest absolute Gasteiger partial charge is 0.490 e. The van der Waals surface area contributed by atoms with Gasteiger partial charge >= 0.3 is 12.1 Å². The number of benzene rings is 1. The van der Waals surface area contributed by atoms with Crippen LogP contribution >= 0.6 is 0 Å². The molecular formula is C21H22F3N3O3. The number of aliphatic carboxylic acids is 1. The van der Waals surface area contributed by atoms with E-state index in [0.29, 0.717) is 18.5 Å². The third-order valence-electron chi connectivity index (χ3n) is 5.26. The summed E-state index contributed by atoms with van der Waals surface area (Å²) in [5.74, 6) is -2.49. The Hall–Kier alpha value is -2.94. The summed E-state index contributed by atoms with van der Waals surface area (Å²) in [5, 5.41) is 7.12. The van der Waals surface area contributed by atoms with E-state index in [0.717, 1.165) is 31.6 Å². The minimum atomic E-state index is -5.08. The van der Waals surface area contributed by atoms with Crippen molar-refractivity contribution in [3.8, 4) is 0 Å². The fraction of sp³-hybridized carbons (Fsp3) is 0.381. The first-order valence-corrected chi connectivity index (χ1v) is 9.57. The molecular weight excluding hydrogens is 399 g/mol. The Kier molecular flexibility index (Phi) is 6.71. The minimum Gasteiger partial charge on any atom is -0.475 e. The lowest BCUT2D eigenvalue weighted by Crippen LogP contribution is -2.52. The van der Waals surface area contributed by atoms with E-state index in [-0.39, 0.29) is 5.91 Å². The Morgan fingerprint density at radius 1 is 1.10 bits per heavy atom. The number of carboxylic acids is 1. The second kappa shape index (κ2) is 9.25. The molecule has 2 aromatic rings. The van der Waals surface area contributed by atoms with Gasteiger partial charge in [-0.1, -0.05) is 24.3 Å². The monoisotopic (exact) mass is 421 g/mol. The molecule has 2 saturated heterocycles. The van der Waals surface area contributed by atoms with Crippen molar-refractivity contribution in [2.45, 2.75) is 44.1 Å². The van der Waals surface area contributed by atoms with Crippen LogP contribution in [0, 0.1) is 0 Å². The van der Waals surface area contributed by atoms with Gasteiger partial charge < -0.3 is 10.0 Å². The number of likely N-dealkylation sites (tertiary alicyclic amines) is 1. The van der Waals surface area contributed by atoms with Gasteiger partial charge in [-0.15, -0.1) is 0 Å². The average Bonchev–Trinajstić information content (AvgIpc) is 3.11. The SMILES string of the molecule is O=C(O)C(F)(F)F.O=C1CC[C@@H]2[C@@H](CCN2Cc2cccnc2)N1c1ccccc1. The van der Waals surface area contributed by atoms with Crippen molar-refractivity contribution in [3.05, 3.63) is 60.4 Å². The molecule has 0 unspecified atom stereocenters. The number of rotatable bonds is 3. The Bertz CT molecular complexity index is 862. The summed E-state index contributed by atoms with van der Waals surface area (Å²) < 4.78 is 31.7. The standard InChI is InChI=1S/C19H21N3O.C2HF3O2/c23-19-9-8-17-18(22(19)16-6-2-1-3-7-16)10-12-21(17)14-15-5-4-11-20-13-15;3-2(4,5)1(6)7/h1-7,11,13,17-18H,8-10,12,14H2;(H,6,7)/t17-,18-;/m1./s1. The van der Waals surface area contributed by atoms with Gasteiger partial charge in [0.05, 0.1) is 6.04 Å². The van der Waals surface area contributed by atoms with Crippen molar-refractivity contribution in [3.63, 3.8) is 0 Å². The zero-order chi connectivity index (χ0) is 21.7. The molecule has 2 atom stereocenters. The topological polar surface area (TPSA) is 73.7 Å². The van der Waals surface area contributed by atoms with E-state index >= 15 is 0 Å². The number of fused-ring (bicyclic) bond motifs is 1. The van der Waals surface area contributed by atoms with Crippen LogP contribution in [-0.4, -0.2) is 51.7 Å². The maximum atomic E-state index is 12.5. The number of alkyl halides is 3. The van der Waals surface area contributed by atoms with E-state index < -0.39 is 12.1 Å². The van der Waals surface area contributed by atoms with Crippen molar-refractivity contribution in [1.82, 2.24) is 9.88 Å². The van der Waals surface area contributed by atoms with Crippen LogP contribution in [0.5, 0.6) is 0 Å². The first-order valence-electron chi connectivity index (χ1n) is 9.57. The molecule has 1 aromatic carbocycles. The average molecular weight is 421 g/mol. The van der Waals surface area contributed by atoms with Crippen molar-refractivity contribution in [2.24, 2.45) is 0 Å². The van der Waals surface area contributed by atoms with Crippen LogP contribution in [0.3, 0.4) is 0 Å². The van der Waals surface area contributed by atoms with Crippen molar-refractivity contribution in [2.75, 3.05) is 11.4 Å². The summed E-state index contributed by atoms with van der Waals surface area (Å²) in [6.45, 7) is 1.96. The number of pyridine rings is 1. The number of halogens is 3. The lowest BCUT2D eigenvalue weighted by Gasteiger charge is -2.39. The number of nitrogens with zero attached hydrogens (tertiary/aromatic N) is 3. The summed E-state index contributed by atoms with van der Waals surface area (Å²) in [6, 6.07) is 15.0. The molecule has 0 saturated carbocycles. The number of hydrogen-bond acceptors (Lipinski definition) is 4. The number of carboxylic acid groups (broad SMARTS) is 1. The molecule has 2 fully saturated rings. The van der Waals surface area contributed by atoms with Crippen molar-refractivity contribution < 1.29 is 27.9 Å². The third-order valence-corrected chi connectivity index (χ3v) is 5.26. The summed E-state index contributed by atoms with van der Waals surface area (Å²) in [4.78, 5) is 30.2. The van der Waals surface area contributed by atoms with Gasteiger partial charge in [-0.2, -0.15) is 13.2 Å². The molecule has 0 aliphatic carbocycles. The number of hydrogen-bond donors (Lipinski definition) is 1. The van der Waals surface area contributed by atoms with Gasteiger partial charge in [0, 0.05) is 43.6 Å². The van der Waals surface area contributed by atoms with Crippen LogP contribution in [0.25, 0.3) is 0 Å². The summed E-state index contributed by atoms with van der Waals surface area (Å²) in [5.41, 5.74) is 2.28. The molecule has 0 radical (unpaired) electrons. The number of anilines is 1. The van der Waals surface area contributed by atoms with Gasteiger partial charge in [-0.05, 0) is 36.6 Å². The number of piperidine rings is 1. The number of amides is 1. The molecule has 2 aliphatic rings. The Labute approximate surface area is 171 Å². The summed E-state index contributed by atoms with van der Waals surface area (Å²) >= 11 is 0. The van der Waals surface area contributed by atoms with E-state index in [9.17, 15) is 18.0 Å². The second-order valence-electron chi connectivity index (χ2n) is 7.20. The Morgan fingerprint density at radius 2 is 1.80 bits per heavy atom. The van der Waals surface area contributed by atoms with E-state index in [4.69, 9.17) is 9.90 Å². The van der Waals surface area contributed by atoms with Crippen LogP contribution < -0.4 is 4.90 Å². The number of aromatic nitrogens is 1. The van der Waals surface area contributed by atoms with Crippen molar-refractivity contribution >= 4 is 17.6 Å². The molecule has 3 heterocycles. The van der Waals surface area contributed by atoms with Gasteiger partial charge in [-0.3, -0.25) is 14.7 Å². The lowest BCUT2D eigenvalue weighted by molar-refractivity contribution is -0.192. The highest BCUT2D eigenvalue weighted by atomic mass is 19.4. The third kappa shape index (κ3) is 5.15. The van der Waals surface area contributed by atoms with Gasteiger partial charge in [0.25, 0.3) is 0 Å². The highest BCUT2D eigenvalue weighted by molar-refractivity contribution is 5.95. The molecule has 2 aliphatic heterocycles. The zero-order valence-electron chi connectivity index (χ0n) is 16.1. The first kappa shape index (κ1) is 21.8. The molecule has 0 bridgehead atoms. The van der Waals surface area contributed by atoms with E-state index in [1.165, 1.54) is 5.56 Å². The molecule has 30 heavy (non-hydrogen) atoms. The maximum absolute atomic E-state index is 12.5. The molecule has 1 amide bonds. The van der Waals surface area contributed by atoms with E-state index in [1.807, 2.05) is 53.7 Å². The highest BCUT2D eigenvalue weighted by Crippen LogP contribution is 2.35. The van der Waals surface area contributed by atoms with E-state index in [2.05, 4.69) is 16.0 Å². The molecule has 160 valence electrons. The van der Waals surface area contributed by atoms with Gasteiger partial charge in [0.2, 0.25) is 5.91 Å². The lowest BCUT2D eigenvalue weighted by atomic mass is 9.95. The predicted octanol–water partition coefficient (Wildman–Crippen LogP) is 3.48. The van der Waals surface area contributed by atoms with Crippen LogP contribution in [0.1, 0.15) is 24.8 Å². The van der Waals surface area contributed by atoms with Gasteiger partial charge in [0.1, 0.15) is 0 Å². The number of para-hydroxylation sites is 1. The summed E-state index contributed by atoms with van der Waals surface area (Å²) in [7, 11) is 0. The molecule has 9 heteroatoms. The number of carbonyl (C=O) groups excluding carboxylic acids is 1. The predicted molar refractivity (Wildman–Crippen MR) is 104 cm³/mol.